The molecule has 0 atom stereocenters. The standard InChI is InChI=1S/C36H22/c1-3-7-29-23(5-1)13-19-33-31(29)17-15-25-9-11-27(21-35(25)33)28-12-10-26-16-18-32-30-8-4-2-6-24(30)14-20-34(32)36(26)22-28/h1-22H. The van der Waals surface area contributed by atoms with Crippen molar-refractivity contribution in [2.45, 2.75) is 0 Å². The Balaban J connectivity index is 1.38. The van der Waals surface area contributed by atoms with Crippen LogP contribution in [0.2, 0.25) is 0 Å². The summed E-state index contributed by atoms with van der Waals surface area (Å²) in [4.78, 5) is 0. The minimum atomic E-state index is 1.25. The third-order valence-electron chi connectivity index (χ3n) is 7.82. The average molecular weight is 455 g/mol. The van der Waals surface area contributed by atoms with Crippen molar-refractivity contribution < 1.29 is 0 Å². The second kappa shape index (κ2) is 7.41. The van der Waals surface area contributed by atoms with Crippen LogP contribution in [0, 0.1) is 0 Å². The second-order valence-electron chi connectivity index (χ2n) is 9.77. The van der Waals surface area contributed by atoms with Crippen LogP contribution >= 0.6 is 0 Å². The highest BCUT2D eigenvalue weighted by atomic mass is 14.1. The number of hydrogen-bond donors (Lipinski definition) is 0. The Labute approximate surface area is 209 Å². The van der Waals surface area contributed by atoms with Gasteiger partial charge in [0, 0.05) is 0 Å². The highest BCUT2D eigenvalue weighted by Crippen LogP contribution is 2.36. The fraction of sp³-hybridized carbons (Fsp3) is 0. The fourth-order valence-electron chi connectivity index (χ4n) is 6.00. The topological polar surface area (TPSA) is 0 Å². The Hall–Kier alpha value is -4.68. The van der Waals surface area contributed by atoms with E-state index in [1.807, 2.05) is 0 Å². The second-order valence-corrected chi connectivity index (χ2v) is 9.77. The van der Waals surface area contributed by atoms with Crippen LogP contribution in [0.3, 0.4) is 0 Å². The van der Waals surface area contributed by atoms with Gasteiger partial charge in [0.2, 0.25) is 0 Å². The molecule has 8 aromatic rings. The van der Waals surface area contributed by atoms with E-state index in [4.69, 9.17) is 0 Å². The molecular formula is C36H22. The number of fused-ring (bicyclic) bond motifs is 10. The molecule has 0 aliphatic rings. The molecule has 0 heterocycles. The van der Waals surface area contributed by atoms with E-state index >= 15 is 0 Å². The van der Waals surface area contributed by atoms with Gasteiger partial charge < -0.3 is 0 Å². The summed E-state index contributed by atoms with van der Waals surface area (Å²) in [6.07, 6.45) is 0. The average Bonchev–Trinajstić information content (AvgIpc) is 2.96. The van der Waals surface area contributed by atoms with Crippen LogP contribution < -0.4 is 0 Å². The molecule has 0 nitrogen and oxygen atoms in total. The van der Waals surface area contributed by atoms with E-state index in [9.17, 15) is 0 Å². The van der Waals surface area contributed by atoms with Gasteiger partial charge in [0.05, 0.1) is 0 Å². The van der Waals surface area contributed by atoms with Crippen LogP contribution in [-0.4, -0.2) is 0 Å². The molecule has 0 aliphatic carbocycles. The minimum Gasteiger partial charge on any atom is -0.0616 e. The maximum Gasteiger partial charge on any atom is -0.00987 e. The summed E-state index contributed by atoms with van der Waals surface area (Å²) in [7, 11) is 0. The molecule has 36 heavy (non-hydrogen) atoms. The van der Waals surface area contributed by atoms with Crippen molar-refractivity contribution in [2.75, 3.05) is 0 Å². The first-order chi connectivity index (χ1) is 17.8. The molecule has 0 heteroatoms. The first-order valence-corrected chi connectivity index (χ1v) is 12.5. The normalized spacial score (nSPS) is 11.9. The van der Waals surface area contributed by atoms with Gasteiger partial charge in [0.1, 0.15) is 0 Å². The van der Waals surface area contributed by atoms with Gasteiger partial charge in [-0.2, -0.15) is 0 Å². The van der Waals surface area contributed by atoms with E-state index < -0.39 is 0 Å². The van der Waals surface area contributed by atoms with Gasteiger partial charge in [-0.25, -0.2) is 0 Å². The van der Waals surface area contributed by atoms with Crippen molar-refractivity contribution in [3.05, 3.63) is 133 Å². The van der Waals surface area contributed by atoms with E-state index in [2.05, 4.69) is 133 Å². The highest BCUT2D eigenvalue weighted by Gasteiger charge is 2.09. The molecule has 0 unspecified atom stereocenters. The van der Waals surface area contributed by atoms with Gasteiger partial charge >= 0.3 is 0 Å². The summed E-state index contributed by atoms with van der Waals surface area (Å²) in [5, 5.41) is 15.6. The van der Waals surface area contributed by atoms with Crippen LogP contribution in [0.1, 0.15) is 0 Å². The first-order valence-electron chi connectivity index (χ1n) is 12.5. The quantitative estimate of drug-likeness (QED) is 0.216. The lowest BCUT2D eigenvalue weighted by Crippen LogP contribution is -1.85. The lowest BCUT2D eigenvalue weighted by atomic mass is 9.92. The Morgan fingerprint density at radius 2 is 0.556 bits per heavy atom. The first kappa shape index (κ1) is 19.6. The molecule has 0 saturated heterocycles. The highest BCUT2D eigenvalue weighted by molar-refractivity contribution is 6.19. The van der Waals surface area contributed by atoms with Crippen LogP contribution in [0.4, 0.5) is 0 Å². The summed E-state index contributed by atoms with van der Waals surface area (Å²) in [5.74, 6) is 0. The SMILES string of the molecule is c1ccc2c(c1)ccc1c3cc(-c4ccc5ccc6c7ccccc7ccc6c5c4)ccc3ccc21. The summed E-state index contributed by atoms with van der Waals surface area (Å²) in [6, 6.07) is 49.2. The van der Waals surface area contributed by atoms with Crippen molar-refractivity contribution in [2.24, 2.45) is 0 Å². The Kier molecular flexibility index (Phi) is 4.03. The maximum atomic E-state index is 2.37. The van der Waals surface area contributed by atoms with Crippen molar-refractivity contribution in [1.82, 2.24) is 0 Å². The van der Waals surface area contributed by atoms with Crippen molar-refractivity contribution >= 4 is 64.6 Å². The molecule has 166 valence electrons. The number of benzene rings is 8. The van der Waals surface area contributed by atoms with Crippen molar-refractivity contribution in [1.29, 1.82) is 0 Å². The van der Waals surface area contributed by atoms with E-state index in [1.54, 1.807) is 0 Å². The molecule has 0 N–H and O–H groups in total. The summed E-state index contributed by atoms with van der Waals surface area (Å²) in [5.41, 5.74) is 2.51. The van der Waals surface area contributed by atoms with Gasteiger partial charge in [-0.3, -0.25) is 0 Å². The van der Waals surface area contributed by atoms with Gasteiger partial charge in [-0.15, -0.1) is 0 Å². The molecule has 0 spiro atoms. The monoisotopic (exact) mass is 454 g/mol. The predicted molar refractivity (Wildman–Crippen MR) is 157 cm³/mol. The molecular weight excluding hydrogens is 432 g/mol. The van der Waals surface area contributed by atoms with Crippen LogP contribution in [0.5, 0.6) is 0 Å². The lowest BCUT2D eigenvalue weighted by molar-refractivity contribution is 1.69. The number of hydrogen-bond acceptors (Lipinski definition) is 0. The van der Waals surface area contributed by atoms with E-state index in [0.717, 1.165) is 0 Å². The molecule has 0 amide bonds. The maximum absolute atomic E-state index is 2.37. The van der Waals surface area contributed by atoms with Crippen molar-refractivity contribution in [3.63, 3.8) is 0 Å². The molecule has 0 saturated carbocycles. The summed E-state index contributed by atoms with van der Waals surface area (Å²) < 4.78 is 0. The van der Waals surface area contributed by atoms with Gasteiger partial charge in [0.25, 0.3) is 0 Å². The van der Waals surface area contributed by atoms with Crippen LogP contribution in [0.15, 0.2) is 133 Å². The predicted octanol–water partition coefficient (Wildman–Crippen LogP) is 10.3. The molecule has 8 aromatic carbocycles. The van der Waals surface area contributed by atoms with Crippen LogP contribution in [0.25, 0.3) is 75.8 Å². The molecule has 0 aromatic heterocycles. The fourth-order valence-corrected chi connectivity index (χ4v) is 6.00. The van der Waals surface area contributed by atoms with E-state index in [0.29, 0.717) is 0 Å². The third-order valence-corrected chi connectivity index (χ3v) is 7.82. The van der Waals surface area contributed by atoms with Crippen LogP contribution in [-0.2, 0) is 0 Å². The molecule has 0 radical (unpaired) electrons. The Morgan fingerprint density at radius 3 is 1.00 bits per heavy atom. The third kappa shape index (κ3) is 2.82. The summed E-state index contributed by atoms with van der Waals surface area (Å²) >= 11 is 0. The number of rotatable bonds is 1. The largest absolute Gasteiger partial charge is 0.0616 e. The zero-order chi connectivity index (χ0) is 23.6. The molecule has 0 bridgehead atoms. The minimum absolute atomic E-state index is 1.25. The van der Waals surface area contributed by atoms with Crippen molar-refractivity contribution in [3.8, 4) is 11.1 Å². The molecule has 0 fully saturated rings. The summed E-state index contributed by atoms with van der Waals surface area (Å²) in [6.45, 7) is 0. The van der Waals surface area contributed by atoms with Gasteiger partial charge in [-0.1, -0.05) is 121 Å². The van der Waals surface area contributed by atoms with Gasteiger partial charge in [0.15, 0.2) is 0 Å². The zero-order valence-corrected chi connectivity index (χ0v) is 19.7. The van der Waals surface area contributed by atoms with E-state index in [1.165, 1.54) is 75.8 Å². The smallest absolute Gasteiger partial charge is 0.00987 e. The zero-order valence-electron chi connectivity index (χ0n) is 19.7. The van der Waals surface area contributed by atoms with E-state index in [-0.39, 0.29) is 0 Å². The Bertz CT molecular complexity index is 1990. The Morgan fingerprint density at radius 1 is 0.222 bits per heavy atom. The molecule has 0 aliphatic heterocycles. The lowest BCUT2D eigenvalue weighted by Gasteiger charge is -2.12. The van der Waals surface area contributed by atoms with Gasteiger partial charge in [-0.05, 0) is 87.9 Å². The molecule has 8 rings (SSSR count).